The first-order valence-electron chi connectivity index (χ1n) is 8.21. The van der Waals surface area contributed by atoms with Gasteiger partial charge in [0.1, 0.15) is 11.6 Å². The van der Waals surface area contributed by atoms with Crippen molar-refractivity contribution in [3.05, 3.63) is 58.3 Å². The van der Waals surface area contributed by atoms with Gasteiger partial charge in [0.05, 0.1) is 7.11 Å². The number of ether oxygens (including phenoxy) is 1. The summed E-state index contributed by atoms with van der Waals surface area (Å²) in [5.41, 5.74) is 2.06. The van der Waals surface area contributed by atoms with E-state index in [0.717, 1.165) is 48.4 Å². The van der Waals surface area contributed by atoms with Gasteiger partial charge < -0.3 is 10.1 Å². The molecule has 0 aliphatic carbocycles. The Balaban J connectivity index is 1.55. The third-order valence-electron chi connectivity index (χ3n) is 4.42. The molecule has 128 valence electrons. The number of nitrogens with one attached hydrogen (secondary N) is 1. The Labute approximate surface area is 150 Å². The molecule has 0 bridgehead atoms. The summed E-state index contributed by atoms with van der Waals surface area (Å²) in [6.07, 6.45) is 2.10. The normalized spacial score (nSPS) is 16.1. The van der Waals surface area contributed by atoms with Gasteiger partial charge in [0.15, 0.2) is 0 Å². The number of nitrogens with zero attached hydrogens (tertiary/aromatic N) is 1. The molecule has 1 aliphatic rings. The highest BCUT2D eigenvalue weighted by atomic mass is 79.9. The molecular formula is C19H22BrFN2O. The van der Waals surface area contributed by atoms with Crippen LogP contribution < -0.4 is 10.1 Å². The summed E-state index contributed by atoms with van der Waals surface area (Å²) in [5, 5.41) is 3.44. The van der Waals surface area contributed by atoms with E-state index in [1.54, 1.807) is 19.2 Å². The zero-order valence-corrected chi connectivity index (χ0v) is 15.4. The van der Waals surface area contributed by atoms with Crippen LogP contribution in [0.2, 0.25) is 0 Å². The van der Waals surface area contributed by atoms with Crippen LogP contribution >= 0.6 is 15.9 Å². The molecule has 0 atom stereocenters. The molecule has 0 saturated carbocycles. The minimum absolute atomic E-state index is 0.195. The maximum Gasteiger partial charge on any atom is 0.125 e. The van der Waals surface area contributed by atoms with Crippen molar-refractivity contribution in [3.8, 4) is 5.75 Å². The van der Waals surface area contributed by atoms with E-state index in [1.165, 1.54) is 11.6 Å². The number of hydrogen-bond donors (Lipinski definition) is 1. The number of methoxy groups -OCH3 is 1. The minimum Gasteiger partial charge on any atom is -0.496 e. The smallest absolute Gasteiger partial charge is 0.125 e. The lowest BCUT2D eigenvalue weighted by molar-refractivity contribution is 0.209. The average molecular weight is 393 g/mol. The average Bonchev–Trinajstić information content (AvgIpc) is 2.57. The van der Waals surface area contributed by atoms with E-state index in [1.807, 2.05) is 18.2 Å². The molecule has 3 nitrogen and oxygen atoms in total. The van der Waals surface area contributed by atoms with Crippen LogP contribution in [0.5, 0.6) is 5.75 Å². The molecule has 1 fully saturated rings. The second kappa shape index (κ2) is 7.99. The first-order valence-corrected chi connectivity index (χ1v) is 9.00. The predicted octanol–water partition coefficient (Wildman–Crippen LogP) is 4.67. The van der Waals surface area contributed by atoms with Crippen LogP contribution in [0.1, 0.15) is 18.4 Å². The highest BCUT2D eigenvalue weighted by molar-refractivity contribution is 9.10. The molecule has 24 heavy (non-hydrogen) atoms. The lowest BCUT2D eigenvalue weighted by Crippen LogP contribution is -2.38. The van der Waals surface area contributed by atoms with Crippen molar-refractivity contribution in [2.75, 3.05) is 25.5 Å². The molecule has 0 unspecified atom stereocenters. The van der Waals surface area contributed by atoms with E-state index >= 15 is 0 Å². The Kier molecular flexibility index (Phi) is 5.74. The quantitative estimate of drug-likeness (QED) is 0.799. The number of halogens is 2. The number of hydrogen-bond acceptors (Lipinski definition) is 3. The van der Waals surface area contributed by atoms with Crippen molar-refractivity contribution in [1.29, 1.82) is 0 Å². The van der Waals surface area contributed by atoms with Crippen LogP contribution in [0.4, 0.5) is 10.1 Å². The molecule has 1 N–H and O–H groups in total. The van der Waals surface area contributed by atoms with E-state index in [0.29, 0.717) is 6.04 Å². The van der Waals surface area contributed by atoms with Crippen molar-refractivity contribution in [2.24, 2.45) is 0 Å². The van der Waals surface area contributed by atoms with Gasteiger partial charge in [0.25, 0.3) is 0 Å². The number of piperidine rings is 1. The Bertz CT molecular complexity index is 687. The summed E-state index contributed by atoms with van der Waals surface area (Å²) in [6.45, 7) is 2.92. The van der Waals surface area contributed by atoms with Crippen LogP contribution in [-0.4, -0.2) is 31.1 Å². The number of anilines is 1. The molecule has 1 aliphatic heterocycles. The molecule has 0 spiro atoms. The number of rotatable bonds is 5. The molecule has 3 rings (SSSR count). The van der Waals surface area contributed by atoms with Crippen molar-refractivity contribution >= 4 is 21.6 Å². The van der Waals surface area contributed by atoms with Gasteiger partial charge in [-0.15, -0.1) is 0 Å². The van der Waals surface area contributed by atoms with Gasteiger partial charge in [-0.05, 0) is 49.2 Å². The maximum absolute atomic E-state index is 13.3. The van der Waals surface area contributed by atoms with Gasteiger partial charge in [-0.3, -0.25) is 4.90 Å². The first kappa shape index (κ1) is 17.2. The monoisotopic (exact) mass is 392 g/mol. The Morgan fingerprint density at radius 3 is 2.71 bits per heavy atom. The summed E-state index contributed by atoms with van der Waals surface area (Å²) in [6, 6.07) is 13.2. The molecule has 0 amide bonds. The second-order valence-electron chi connectivity index (χ2n) is 6.16. The van der Waals surface area contributed by atoms with Gasteiger partial charge in [-0.25, -0.2) is 4.39 Å². The van der Waals surface area contributed by atoms with Crippen molar-refractivity contribution in [1.82, 2.24) is 4.90 Å². The second-order valence-corrected chi connectivity index (χ2v) is 7.08. The minimum atomic E-state index is -0.195. The lowest BCUT2D eigenvalue weighted by atomic mass is 10.0. The van der Waals surface area contributed by atoms with Gasteiger partial charge >= 0.3 is 0 Å². The number of benzene rings is 2. The van der Waals surface area contributed by atoms with Gasteiger partial charge in [-0.2, -0.15) is 0 Å². The fraction of sp³-hybridized carbons (Fsp3) is 0.368. The molecule has 5 heteroatoms. The molecule has 2 aromatic rings. The van der Waals surface area contributed by atoms with Crippen molar-refractivity contribution < 1.29 is 9.13 Å². The van der Waals surface area contributed by atoms with Gasteiger partial charge in [0, 0.05) is 41.4 Å². The summed E-state index contributed by atoms with van der Waals surface area (Å²) in [4.78, 5) is 2.44. The van der Waals surface area contributed by atoms with E-state index in [4.69, 9.17) is 4.74 Å². The molecule has 0 radical (unpaired) electrons. The zero-order valence-electron chi connectivity index (χ0n) is 13.8. The van der Waals surface area contributed by atoms with E-state index < -0.39 is 0 Å². The summed E-state index contributed by atoms with van der Waals surface area (Å²) in [5.74, 6) is 0.734. The Hall–Kier alpha value is -1.59. The highest BCUT2D eigenvalue weighted by Crippen LogP contribution is 2.26. The molecule has 0 aromatic heterocycles. The summed E-state index contributed by atoms with van der Waals surface area (Å²) in [7, 11) is 1.71. The first-order chi connectivity index (χ1) is 11.6. The van der Waals surface area contributed by atoms with Crippen LogP contribution in [-0.2, 0) is 6.54 Å². The largest absolute Gasteiger partial charge is 0.496 e. The van der Waals surface area contributed by atoms with Crippen molar-refractivity contribution in [2.45, 2.75) is 25.4 Å². The standard InChI is InChI=1S/C19H22BrFN2O/c1-24-19-6-5-15(20)11-14(19)13-23-9-7-17(8-10-23)22-18-4-2-3-16(21)12-18/h2-6,11-12,17,22H,7-10,13H2,1H3. The van der Waals surface area contributed by atoms with E-state index in [2.05, 4.69) is 32.2 Å². The lowest BCUT2D eigenvalue weighted by Gasteiger charge is -2.33. The molecular weight excluding hydrogens is 371 g/mol. The molecule has 1 saturated heterocycles. The van der Waals surface area contributed by atoms with E-state index in [9.17, 15) is 4.39 Å². The van der Waals surface area contributed by atoms with Crippen LogP contribution in [0, 0.1) is 5.82 Å². The van der Waals surface area contributed by atoms with Crippen LogP contribution in [0.3, 0.4) is 0 Å². The summed E-state index contributed by atoms with van der Waals surface area (Å²) < 4.78 is 19.8. The molecule has 2 aromatic carbocycles. The predicted molar refractivity (Wildman–Crippen MR) is 99.0 cm³/mol. The van der Waals surface area contributed by atoms with Gasteiger partial charge in [0.2, 0.25) is 0 Å². The molecule has 1 heterocycles. The Morgan fingerprint density at radius 2 is 2.00 bits per heavy atom. The summed E-state index contributed by atoms with van der Waals surface area (Å²) >= 11 is 3.53. The van der Waals surface area contributed by atoms with Gasteiger partial charge in [-0.1, -0.05) is 22.0 Å². The zero-order chi connectivity index (χ0) is 16.9. The van der Waals surface area contributed by atoms with Crippen LogP contribution in [0.25, 0.3) is 0 Å². The third-order valence-corrected chi connectivity index (χ3v) is 4.91. The maximum atomic E-state index is 13.3. The SMILES string of the molecule is COc1ccc(Br)cc1CN1CCC(Nc2cccc(F)c2)CC1. The Morgan fingerprint density at radius 1 is 1.21 bits per heavy atom. The van der Waals surface area contributed by atoms with Crippen LogP contribution in [0.15, 0.2) is 46.9 Å². The highest BCUT2D eigenvalue weighted by Gasteiger charge is 2.20. The topological polar surface area (TPSA) is 24.5 Å². The van der Waals surface area contributed by atoms with Crippen molar-refractivity contribution in [3.63, 3.8) is 0 Å². The fourth-order valence-corrected chi connectivity index (χ4v) is 3.57. The van der Waals surface area contributed by atoms with E-state index in [-0.39, 0.29) is 5.82 Å². The number of likely N-dealkylation sites (tertiary alicyclic amines) is 1. The fourth-order valence-electron chi connectivity index (χ4n) is 3.16. The third kappa shape index (κ3) is 4.48.